The molecule has 1 aromatic heterocycles. The number of aromatic nitrogens is 2. The Bertz CT molecular complexity index is 617. The maximum absolute atomic E-state index is 11.0. The second-order valence-electron chi connectivity index (χ2n) is 4.45. The van der Waals surface area contributed by atoms with Gasteiger partial charge in [0.15, 0.2) is 0 Å². The number of aromatic hydroxyl groups is 1. The Balaban J connectivity index is 2.52. The molecule has 1 aromatic carbocycles. The lowest BCUT2D eigenvalue weighted by Gasteiger charge is -2.04. The molecule has 0 atom stereocenters. The van der Waals surface area contributed by atoms with E-state index in [-0.39, 0.29) is 11.3 Å². The third-order valence-electron chi connectivity index (χ3n) is 2.93. The molecule has 2 rings (SSSR count). The summed E-state index contributed by atoms with van der Waals surface area (Å²) < 4.78 is 1.72. The van der Waals surface area contributed by atoms with Gasteiger partial charge >= 0.3 is 5.97 Å². The first kappa shape index (κ1) is 13.1. The normalized spacial score (nSPS) is 10.6. The van der Waals surface area contributed by atoms with E-state index in [1.54, 1.807) is 10.7 Å². The summed E-state index contributed by atoms with van der Waals surface area (Å²) in [7, 11) is 1.83. The van der Waals surface area contributed by atoms with Gasteiger partial charge in [-0.2, -0.15) is 5.10 Å². The Morgan fingerprint density at radius 1 is 1.42 bits per heavy atom. The van der Waals surface area contributed by atoms with Crippen molar-refractivity contribution in [3.8, 4) is 16.9 Å². The van der Waals surface area contributed by atoms with Crippen LogP contribution in [0, 0.1) is 0 Å². The van der Waals surface area contributed by atoms with Crippen LogP contribution in [0.4, 0.5) is 0 Å². The molecule has 0 fully saturated rings. The number of rotatable bonds is 4. The summed E-state index contributed by atoms with van der Waals surface area (Å²) >= 11 is 0. The zero-order chi connectivity index (χ0) is 14.0. The predicted molar refractivity (Wildman–Crippen MR) is 71.3 cm³/mol. The lowest BCUT2D eigenvalue weighted by Crippen LogP contribution is -1.97. The molecule has 0 radical (unpaired) electrons. The van der Waals surface area contributed by atoms with Crippen molar-refractivity contribution in [1.82, 2.24) is 9.78 Å². The van der Waals surface area contributed by atoms with E-state index in [0.717, 1.165) is 29.7 Å². The van der Waals surface area contributed by atoms with Gasteiger partial charge in [-0.05, 0) is 24.1 Å². The van der Waals surface area contributed by atoms with Crippen LogP contribution in [0.15, 0.2) is 24.4 Å². The Labute approximate surface area is 111 Å². The molecule has 0 saturated carbocycles. The SMILES string of the molecule is CCCc1nn(C)cc1-c1ccc(O)c(C(=O)O)c1. The molecule has 1 heterocycles. The van der Waals surface area contributed by atoms with E-state index in [2.05, 4.69) is 12.0 Å². The summed E-state index contributed by atoms with van der Waals surface area (Å²) in [4.78, 5) is 11.0. The molecule has 5 heteroatoms. The van der Waals surface area contributed by atoms with Crippen molar-refractivity contribution in [3.63, 3.8) is 0 Å². The molecule has 2 N–H and O–H groups in total. The average Bonchev–Trinajstić information content (AvgIpc) is 2.71. The number of benzene rings is 1. The molecule has 0 aliphatic heterocycles. The molecule has 2 aromatic rings. The fraction of sp³-hybridized carbons (Fsp3) is 0.286. The number of carboxylic acid groups (broad SMARTS) is 1. The first-order valence-corrected chi connectivity index (χ1v) is 6.12. The summed E-state index contributed by atoms with van der Waals surface area (Å²) in [6, 6.07) is 4.59. The van der Waals surface area contributed by atoms with Crippen molar-refractivity contribution in [1.29, 1.82) is 0 Å². The van der Waals surface area contributed by atoms with E-state index >= 15 is 0 Å². The van der Waals surface area contributed by atoms with Crippen LogP contribution in [-0.2, 0) is 13.5 Å². The molecule has 0 amide bonds. The van der Waals surface area contributed by atoms with E-state index in [4.69, 9.17) is 5.11 Å². The molecule has 0 aliphatic carbocycles. The Kier molecular flexibility index (Phi) is 3.55. The maximum Gasteiger partial charge on any atom is 0.339 e. The van der Waals surface area contributed by atoms with Gasteiger partial charge in [-0.1, -0.05) is 19.4 Å². The van der Waals surface area contributed by atoms with E-state index in [9.17, 15) is 9.90 Å². The molecule has 0 spiro atoms. The lowest BCUT2D eigenvalue weighted by molar-refractivity contribution is 0.0694. The van der Waals surface area contributed by atoms with Crippen LogP contribution in [0.25, 0.3) is 11.1 Å². The molecule has 0 saturated heterocycles. The van der Waals surface area contributed by atoms with Crippen LogP contribution in [0.5, 0.6) is 5.75 Å². The van der Waals surface area contributed by atoms with Gasteiger partial charge in [0.1, 0.15) is 11.3 Å². The summed E-state index contributed by atoms with van der Waals surface area (Å²) in [5.41, 5.74) is 2.51. The minimum Gasteiger partial charge on any atom is -0.507 e. The van der Waals surface area contributed by atoms with Crippen molar-refractivity contribution >= 4 is 5.97 Å². The van der Waals surface area contributed by atoms with Gasteiger partial charge in [-0.15, -0.1) is 0 Å². The highest BCUT2D eigenvalue weighted by atomic mass is 16.4. The predicted octanol–water partition coefficient (Wildman–Crippen LogP) is 2.44. The minimum atomic E-state index is -1.14. The van der Waals surface area contributed by atoms with E-state index in [1.165, 1.54) is 12.1 Å². The monoisotopic (exact) mass is 260 g/mol. The average molecular weight is 260 g/mol. The van der Waals surface area contributed by atoms with Crippen LogP contribution >= 0.6 is 0 Å². The van der Waals surface area contributed by atoms with Crippen molar-refractivity contribution in [2.24, 2.45) is 7.05 Å². The number of aromatic carboxylic acids is 1. The van der Waals surface area contributed by atoms with Gasteiger partial charge in [0.25, 0.3) is 0 Å². The highest BCUT2D eigenvalue weighted by Gasteiger charge is 2.14. The zero-order valence-electron chi connectivity index (χ0n) is 10.9. The Hall–Kier alpha value is -2.30. The second kappa shape index (κ2) is 5.14. The maximum atomic E-state index is 11.0. The number of hydrogen-bond donors (Lipinski definition) is 2. The molecule has 100 valence electrons. The first-order chi connectivity index (χ1) is 9.02. The second-order valence-corrected chi connectivity index (χ2v) is 4.45. The van der Waals surface area contributed by atoms with Gasteiger partial charge in [-0.3, -0.25) is 4.68 Å². The molecular formula is C14H16N2O3. The highest BCUT2D eigenvalue weighted by molar-refractivity contribution is 5.92. The standard InChI is InChI=1S/C14H16N2O3/c1-3-4-12-11(8-16(2)15-12)9-5-6-13(17)10(7-9)14(18)19/h5-8,17H,3-4H2,1-2H3,(H,18,19). The number of hydrogen-bond acceptors (Lipinski definition) is 3. The van der Waals surface area contributed by atoms with Crippen LogP contribution in [0.2, 0.25) is 0 Å². The molecule has 5 nitrogen and oxygen atoms in total. The summed E-state index contributed by atoms with van der Waals surface area (Å²) in [5, 5.41) is 22.9. The quantitative estimate of drug-likeness (QED) is 0.885. The Morgan fingerprint density at radius 3 is 2.79 bits per heavy atom. The summed E-state index contributed by atoms with van der Waals surface area (Å²) in [6.07, 6.45) is 3.66. The third kappa shape index (κ3) is 2.59. The van der Waals surface area contributed by atoms with Crippen molar-refractivity contribution < 1.29 is 15.0 Å². The van der Waals surface area contributed by atoms with Gasteiger partial charge < -0.3 is 10.2 Å². The molecule has 0 aliphatic rings. The molecular weight excluding hydrogens is 244 g/mol. The largest absolute Gasteiger partial charge is 0.507 e. The van der Waals surface area contributed by atoms with Gasteiger partial charge in [0.05, 0.1) is 5.69 Å². The van der Waals surface area contributed by atoms with Gasteiger partial charge in [0, 0.05) is 18.8 Å². The Morgan fingerprint density at radius 2 is 2.16 bits per heavy atom. The van der Waals surface area contributed by atoms with Crippen LogP contribution in [0.1, 0.15) is 29.4 Å². The molecule has 0 unspecified atom stereocenters. The number of aryl methyl sites for hydroxylation is 2. The fourth-order valence-electron chi connectivity index (χ4n) is 2.07. The summed E-state index contributed by atoms with van der Waals surface area (Å²) in [5.74, 6) is -1.36. The summed E-state index contributed by atoms with van der Waals surface area (Å²) in [6.45, 7) is 2.07. The lowest BCUT2D eigenvalue weighted by atomic mass is 10.0. The number of carboxylic acids is 1. The van der Waals surface area contributed by atoms with Crippen LogP contribution in [-0.4, -0.2) is 26.0 Å². The first-order valence-electron chi connectivity index (χ1n) is 6.12. The smallest absolute Gasteiger partial charge is 0.339 e. The number of nitrogens with zero attached hydrogens (tertiary/aromatic N) is 2. The van der Waals surface area contributed by atoms with E-state index in [1.807, 2.05) is 13.2 Å². The highest BCUT2D eigenvalue weighted by Crippen LogP contribution is 2.28. The number of phenols is 1. The van der Waals surface area contributed by atoms with E-state index in [0.29, 0.717) is 0 Å². The van der Waals surface area contributed by atoms with Gasteiger partial charge in [0.2, 0.25) is 0 Å². The third-order valence-corrected chi connectivity index (χ3v) is 2.93. The van der Waals surface area contributed by atoms with Crippen molar-refractivity contribution in [2.45, 2.75) is 19.8 Å². The number of carbonyl (C=O) groups is 1. The zero-order valence-corrected chi connectivity index (χ0v) is 10.9. The van der Waals surface area contributed by atoms with Crippen molar-refractivity contribution in [3.05, 3.63) is 35.7 Å². The van der Waals surface area contributed by atoms with Crippen LogP contribution < -0.4 is 0 Å². The molecule has 19 heavy (non-hydrogen) atoms. The van der Waals surface area contributed by atoms with Crippen LogP contribution in [0.3, 0.4) is 0 Å². The fourth-order valence-corrected chi connectivity index (χ4v) is 2.07. The van der Waals surface area contributed by atoms with E-state index < -0.39 is 5.97 Å². The topological polar surface area (TPSA) is 75.3 Å². The minimum absolute atomic E-state index is 0.0937. The van der Waals surface area contributed by atoms with Crippen molar-refractivity contribution in [2.75, 3.05) is 0 Å². The van der Waals surface area contributed by atoms with Gasteiger partial charge in [-0.25, -0.2) is 4.79 Å². The molecule has 0 bridgehead atoms.